The van der Waals surface area contributed by atoms with Gasteiger partial charge in [-0.25, -0.2) is 0 Å². The zero-order valence-electron chi connectivity index (χ0n) is 21.3. The maximum absolute atomic E-state index is 13.0. The highest BCUT2D eigenvalue weighted by molar-refractivity contribution is 5.91. The van der Waals surface area contributed by atoms with Gasteiger partial charge in [0, 0.05) is 33.0 Å². The van der Waals surface area contributed by atoms with E-state index in [4.69, 9.17) is 0 Å². The van der Waals surface area contributed by atoms with Crippen LogP contribution in [0.15, 0.2) is 36.7 Å². The zero-order chi connectivity index (χ0) is 27.0. The Morgan fingerprint density at radius 3 is 2.53 bits per heavy atom. The van der Waals surface area contributed by atoms with Crippen LogP contribution in [0.3, 0.4) is 0 Å². The molecular weight excluding hydrogens is 498 g/mol. The second kappa shape index (κ2) is 12.6. The van der Waals surface area contributed by atoms with Crippen molar-refractivity contribution in [1.29, 1.82) is 0 Å². The number of nitrogens with one attached hydrogen (secondary N) is 2. The Morgan fingerprint density at radius 2 is 1.79 bits per heavy atom. The van der Waals surface area contributed by atoms with Crippen LogP contribution in [0.1, 0.15) is 67.9 Å². The largest absolute Gasteiger partial charge is 0.433 e. The number of amides is 2. The van der Waals surface area contributed by atoms with E-state index in [1.165, 1.54) is 25.0 Å². The summed E-state index contributed by atoms with van der Waals surface area (Å²) in [5.74, 6) is 0.514. The Morgan fingerprint density at radius 1 is 1.08 bits per heavy atom. The predicted molar refractivity (Wildman–Crippen MR) is 133 cm³/mol. The van der Waals surface area contributed by atoms with Gasteiger partial charge in [-0.1, -0.05) is 35.4 Å². The van der Waals surface area contributed by atoms with E-state index in [9.17, 15) is 18.4 Å². The van der Waals surface area contributed by atoms with Crippen LogP contribution in [0.5, 0.6) is 5.75 Å². The summed E-state index contributed by atoms with van der Waals surface area (Å²) in [7, 11) is 0. The van der Waals surface area contributed by atoms with E-state index in [1.54, 1.807) is 33.9 Å². The Labute approximate surface area is 218 Å². The summed E-state index contributed by atoms with van der Waals surface area (Å²) >= 11 is 0. The second-order valence-corrected chi connectivity index (χ2v) is 9.58. The van der Waals surface area contributed by atoms with Crippen LogP contribution >= 0.6 is 0 Å². The van der Waals surface area contributed by atoms with Gasteiger partial charge in [0.25, 0.3) is 5.91 Å². The van der Waals surface area contributed by atoms with Gasteiger partial charge in [0.1, 0.15) is 5.75 Å². The maximum atomic E-state index is 13.0. The number of carbonyl (C=O) groups excluding carboxylic acids is 2. The summed E-state index contributed by atoms with van der Waals surface area (Å²) in [5, 5.41) is 21.5. The molecule has 0 aliphatic heterocycles. The van der Waals surface area contributed by atoms with Gasteiger partial charge in [-0.05, 0) is 49.3 Å². The summed E-state index contributed by atoms with van der Waals surface area (Å²) in [4.78, 5) is 24.6. The van der Waals surface area contributed by atoms with Gasteiger partial charge in [-0.2, -0.15) is 8.78 Å². The Bertz CT molecular complexity index is 1220. The van der Waals surface area contributed by atoms with Crippen LogP contribution in [0.2, 0.25) is 0 Å². The minimum Gasteiger partial charge on any atom is -0.433 e. The molecule has 11 nitrogen and oxygen atoms in total. The lowest BCUT2D eigenvalue weighted by atomic mass is 10.0. The molecule has 4 rings (SSSR count). The smallest absolute Gasteiger partial charge is 0.394 e. The topological polar surface area (TPSA) is 129 Å². The molecule has 0 radical (unpaired) electrons. The van der Waals surface area contributed by atoms with Crippen LogP contribution in [0.25, 0.3) is 0 Å². The molecule has 3 aromatic rings. The molecule has 2 N–H and O–H groups in total. The lowest BCUT2D eigenvalue weighted by Gasteiger charge is -2.13. The number of carbonyl (C=O) groups is 2. The minimum absolute atomic E-state index is 0.0151. The summed E-state index contributed by atoms with van der Waals surface area (Å²) in [6.07, 6.45) is 6.72. The van der Waals surface area contributed by atoms with E-state index >= 15 is 0 Å². The Balaban J connectivity index is 1.15. The molecule has 1 fully saturated rings. The summed E-state index contributed by atoms with van der Waals surface area (Å²) in [6.45, 7) is 1.97. The number of aryl methyl sites for hydroxylation is 2. The van der Waals surface area contributed by atoms with Crippen molar-refractivity contribution in [3.63, 3.8) is 0 Å². The highest BCUT2D eigenvalue weighted by Crippen LogP contribution is 2.27. The molecule has 0 bridgehead atoms. The molecular formula is C25H32F2N8O3. The van der Waals surface area contributed by atoms with Crippen molar-refractivity contribution >= 4 is 17.6 Å². The fourth-order valence-corrected chi connectivity index (χ4v) is 4.39. The van der Waals surface area contributed by atoms with Crippen LogP contribution in [0.4, 0.5) is 14.6 Å². The average molecular weight is 531 g/mol. The summed E-state index contributed by atoms with van der Waals surface area (Å²) in [5.41, 5.74) is 0.767. The first-order valence-electron chi connectivity index (χ1n) is 12.8. The number of hydrogen-bond donors (Lipinski definition) is 2. The lowest BCUT2D eigenvalue weighted by molar-refractivity contribution is -0.159. The molecule has 2 amide bonds. The standard InChI is InChI=1S/C25H32F2N8O3/c1-25(26,27)38-20-10-6-9-19(13-20)15-28-24(37)21-16-34(32-30-21)11-4-5-12-35-17-22(31-33-35)29-23(36)14-18-7-2-3-8-18/h6,9-10,13,16-18H,2-5,7-8,11-12,14-15H2,1H3,(H,28,37)(H,29,36). The first-order chi connectivity index (χ1) is 18.2. The van der Waals surface area contributed by atoms with Crippen molar-refractivity contribution in [2.45, 2.75) is 77.6 Å². The van der Waals surface area contributed by atoms with Crippen molar-refractivity contribution in [3.05, 3.63) is 47.9 Å². The first kappa shape index (κ1) is 27.1. The van der Waals surface area contributed by atoms with Crippen molar-refractivity contribution in [2.24, 2.45) is 5.92 Å². The van der Waals surface area contributed by atoms with Gasteiger partial charge in [-0.3, -0.25) is 19.0 Å². The third kappa shape index (κ3) is 8.60. The molecule has 13 heteroatoms. The zero-order valence-corrected chi connectivity index (χ0v) is 21.3. The van der Waals surface area contributed by atoms with Crippen molar-refractivity contribution in [3.8, 4) is 5.75 Å². The molecule has 204 valence electrons. The minimum atomic E-state index is -3.29. The fourth-order valence-electron chi connectivity index (χ4n) is 4.39. The summed E-state index contributed by atoms with van der Waals surface area (Å²) in [6, 6.07) is 6.13. The van der Waals surface area contributed by atoms with Crippen LogP contribution in [-0.2, 0) is 24.4 Å². The van der Waals surface area contributed by atoms with E-state index in [2.05, 4.69) is 36.0 Å². The number of aromatic nitrogens is 6. The quantitative estimate of drug-likeness (QED) is 0.322. The highest BCUT2D eigenvalue weighted by Gasteiger charge is 2.23. The predicted octanol–water partition coefficient (Wildman–Crippen LogP) is 3.79. The van der Waals surface area contributed by atoms with Gasteiger partial charge >= 0.3 is 6.11 Å². The highest BCUT2D eigenvalue weighted by atomic mass is 19.3. The number of alkyl halides is 2. The molecule has 1 saturated carbocycles. The molecule has 2 aromatic heterocycles. The lowest BCUT2D eigenvalue weighted by Crippen LogP contribution is -2.23. The third-order valence-corrected chi connectivity index (χ3v) is 6.20. The molecule has 2 heterocycles. The van der Waals surface area contributed by atoms with Crippen molar-refractivity contribution in [2.75, 3.05) is 5.32 Å². The average Bonchev–Trinajstić information content (AvgIpc) is 3.62. The van der Waals surface area contributed by atoms with E-state index in [0.717, 1.165) is 25.7 Å². The van der Waals surface area contributed by atoms with Gasteiger partial charge < -0.3 is 15.4 Å². The number of hydrogen-bond acceptors (Lipinski definition) is 7. The van der Waals surface area contributed by atoms with Gasteiger partial charge in [0.15, 0.2) is 11.5 Å². The van der Waals surface area contributed by atoms with Gasteiger partial charge in [0.2, 0.25) is 5.91 Å². The SMILES string of the molecule is CC(F)(F)Oc1cccc(CNC(=O)c2cn(CCCCn3cc(NC(=O)CC4CCCC4)nn3)nn2)c1. The molecule has 38 heavy (non-hydrogen) atoms. The van der Waals surface area contributed by atoms with Gasteiger partial charge in [0.05, 0.1) is 12.4 Å². The van der Waals surface area contributed by atoms with Gasteiger partial charge in [-0.15, -0.1) is 10.2 Å². The number of anilines is 1. The number of ether oxygens (including phenoxy) is 1. The number of benzene rings is 1. The van der Waals surface area contributed by atoms with E-state index in [-0.39, 0.29) is 23.9 Å². The molecule has 0 saturated heterocycles. The third-order valence-electron chi connectivity index (χ3n) is 6.20. The monoisotopic (exact) mass is 530 g/mol. The van der Waals surface area contributed by atoms with Crippen LogP contribution in [-0.4, -0.2) is 47.9 Å². The van der Waals surface area contributed by atoms with Crippen LogP contribution in [0, 0.1) is 5.92 Å². The molecule has 0 atom stereocenters. The molecule has 1 aliphatic rings. The second-order valence-electron chi connectivity index (χ2n) is 9.58. The first-order valence-corrected chi connectivity index (χ1v) is 12.8. The van der Waals surface area contributed by atoms with E-state index < -0.39 is 12.0 Å². The molecule has 1 aliphatic carbocycles. The van der Waals surface area contributed by atoms with Crippen molar-refractivity contribution in [1.82, 2.24) is 35.3 Å². The van der Waals surface area contributed by atoms with E-state index in [1.807, 2.05) is 0 Å². The fraction of sp³-hybridized carbons (Fsp3) is 0.520. The number of rotatable bonds is 13. The molecule has 0 spiro atoms. The Kier molecular flexibility index (Phi) is 8.98. The van der Waals surface area contributed by atoms with Crippen LogP contribution < -0.4 is 15.4 Å². The maximum Gasteiger partial charge on any atom is 0.394 e. The molecule has 0 unspecified atom stereocenters. The number of unbranched alkanes of at least 4 members (excludes halogenated alkanes) is 1. The molecule has 1 aromatic carbocycles. The van der Waals surface area contributed by atoms with E-state index in [0.29, 0.717) is 43.7 Å². The Hall–Kier alpha value is -3.90. The van der Waals surface area contributed by atoms with Crippen molar-refractivity contribution < 1.29 is 23.1 Å². The summed E-state index contributed by atoms with van der Waals surface area (Å²) < 4.78 is 33.9. The normalized spacial score (nSPS) is 14.0. The number of nitrogens with zero attached hydrogens (tertiary/aromatic N) is 6. The number of halogens is 2.